The van der Waals surface area contributed by atoms with Crippen LogP contribution in [0.5, 0.6) is 0 Å². The maximum atomic E-state index is 13.1. The molecular weight excluding hydrogens is 300 g/mol. The van der Waals surface area contributed by atoms with Gasteiger partial charge in [-0.1, -0.05) is 66.7 Å². The topological polar surface area (TPSA) is 46.7 Å². The van der Waals surface area contributed by atoms with Gasteiger partial charge in [0.1, 0.15) is 11.7 Å². The number of allylic oxidation sites excluding steroid dienone is 2. The fourth-order valence-corrected chi connectivity index (χ4v) is 3.88. The number of carbonyl (C=O) groups excluding carboxylic acids is 2. The van der Waals surface area contributed by atoms with Crippen LogP contribution in [0.25, 0.3) is 0 Å². The minimum atomic E-state index is -0.689. The van der Waals surface area contributed by atoms with E-state index < -0.39 is 5.60 Å². The average Bonchev–Trinajstić information content (AvgIpc) is 3.33. The monoisotopic (exact) mass is 314 g/mol. The van der Waals surface area contributed by atoms with Crippen LogP contribution in [0.1, 0.15) is 26.3 Å². The largest absolute Gasteiger partial charge is 0.356 e. The van der Waals surface area contributed by atoms with Crippen LogP contribution >= 0.6 is 0 Å². The number of carbonyl (C=O) groups is 2. The van der Waals surface area contributed by atoms with Gasteiger partial charge in [-0.15, -0.1) is 0 Å². The van der Waals surface area contributed by atoms with Gasteiger partial charge in [0, 0.05) is 28.7 Å². The molecule has 1 heterocycles. The smallest absolute Gasteiger partial charge is 0.194 e. The van der Waals surface area contributed by atoms with E-state index in [1.54, 1.807) is 30.3 Å². The molecule has 2 aliphatic carbocycles. The number of hydrogen-bond donors (Lipinski definition) is 0. The number of rotatable bonds is 2. The lowest BCUT2D eigenvalue weighted by Crippen LogP contribution is -2.35. The van der Waals surface area contributed by atoms with E-state index >= 15 is 0 Å². The number of fused-ring (bicyclic) bond motifs is 3. The molecular formula is C21H14O3. The Balaban J connectivity index is 1.66. The third-order valence-corrected chi connectivity index (χ3v) is 5.07. The maximum absolute atomic E-state index is 13.1. The predicted molar refractivity (Wildman–Crippen MR) is 89.0 cm³/mol. The molecule has 2 aromatic rings. The molecule has 116 valence electrons. The van der Waals surface area contributed by atoms with Gasteiger partial charge < -0.3 is 4.74 Å². The van der Waals surface area contributed by atoms with Crippen LogP contribution in [-0.4, -0.2) is 23.3 Å². The van der Waals surface area contributed by atoms with Crippen LogP contribution in [0.15, 0.2) is 77.9 Å². The molecule has 0 spiro atoms. The van der Waals surface area contributed by atoms with Crippen molar-refractivity contribution < 1.29 is 14.3 Å². The van der Waals surface area contributed by atoms with E-state index in [9.17, 15) is 9.59 Å². The summed E-state index contributed by atoms with van der Waals surface area (Å²) in [7, 11) is 0. The quantitative estimate of drug-likeness (QED) is 0.799. The highest BCUT2D eigenvalue weighted by Gasteiger charge is 2.63. The summed E-state index contributed by atoms with van der Waals surface area (Å²) in [5.41, 5.74) is 2.40. The fraction of sp³-hybridized carbons (Fsp3) is 0.143. The average molecular weight is 314 g/mol. The Morgan fingerprint density at radius 2 is 1.54 bits per heavy atom. The number of hydrogen-bond acceptors (Lipinski definition) is 3. The molecule has 2 unspecified atom stereocenters. The molecule has 0 aromatic heterocycles. The Kier molecular flexibility index (Phi) is 2.62. The van der Waals surface area contributed by atoms with Crippen molar-refractivity contribution >= 4 is 11.6 Å². The Bertz CT molecular complexity index is 952. The number of Topliss-reactive ketones (excluding diaryl/α,β-unsaturated/α-hetero) is 2. The highest BCUT2D eigenvalue weighted by atomic mass is 16.6. The summed E-state index contributed by atoms with van der Waals surface area (Å²) >= 11 is 0. The number of epoxide rings is 1. The van der Waals surface area contributed by atoms with Gasteiger partial charge in [0.15, 0.2) is 11.6 Å². The fourth-order valence-electron chi connectivity index (χ4n) is 3.88. The second-order valence-electron chi connectivity index (χ2n) is 6.44. The Labute approximate surface area is 139 Å². The summed E-state index contributed by atoms with van der Waals surface area (Å²) in [4.78, 5) is 25.9. The van der Waals surface area contributed by atoms with E-state index in [2.05, 4.69) is 0 Å². The van der Waals surface area contributed by atoms with E-state index in [1.165, 1.54) is 0 Å². The minimum Gasteiger partial charge on any atom is -0.356 e. The first-order valence-corrected chi connectivity index (χ1v) is 8.04. The van der Waals surface area contributed by atoms with Crippen LogP contribution in [0, 0.1) is 0 Å². The van der Waals surface area contributed by atoms with Gasteiger partial charge in [-0.05, 0) is 5.56 Å². The predicted octanol–water partition coefficient (Wildman–Crippen LogP) is 3.31. The van der Waals surface area contributed by atoms with Gasteiger partial charge >= 0.3 is 0 Å². The molecule has 0 amide bonds. The van der Waals surface area contributed by atoms with E-state index in [-0.39, 0.29) is 17.7 Å². The van der Waals surface area contributed by atoms with Crippen molar-refractivity contribution in [2.75, 3.05) is 0 Å². The summed E-state index contributed by atoms with van der Waals surface area (Å²) in [5.74, 6) is -0.166. The molecule has 1 fully saturated rings. The van der Waals surface area contributed by atoms with E-state index in [4.69, 9.17) is 4.74 Å². The molecule has 0 N–H and O–H groups in total. The molecule has 3 nitrogen and oxygen atoms in total. The molecule has 3 heteroatoms. The van der Waals surface area contributed by atoms with Gasteiger partial charge in [-0.3, -0.25) is 9.59 Å². The molecule has 0 radical (unpaired) electrons. The Morgan fingerprint density at radius 3 is 2.29 bits per heavy atom. The van der Waals surface area contributed by atoms with Crippen LogP contribution in [0.4, 0.5) is 0 Å². The van der Waals surface area contributed by atoms with E-state index in [1.807, 2.05) is 36.4 Å². The first-order valence-electron chi connectivity index (χ1n) is 8.04. The second-order valence-corrected chi connectivity index (χ2v) is 6.44. The lowest BCUT2D eigenvalue weighted by Gasteiger charge is -2.26. The lowest BCUT2D eigenvalue weighted by molar-refractivity contribution is 0.0962. The third-order valence-electron chi connectivity index (χ3n) is 5.07. The summed E-state index contributed by atoms with van der Waals surface area (Å²) in [6.07, 6.45) is 4.13. The molecule has 24 heavy (non-hydrogen) atoms. The SMILES string of the molecule is O=C1C2=C(C(=O)c3ccccc31)C1(Cc3ccccc3)OC1C=C2. The van der Waals surface area contributed by atoms with Crippen LogP contribution < -0.4 is 0 Å². The number of benzene rings is 2. The van der Waals surface area contributed by atoms with Crippen molar-refractivity contribution in [3.05, 3.63) is 94.6 Å². The standard InChI is InChI=1S/C21H14O3/c22-19-14-8-4-5-9-15(14)20(23)18-16(19)10-11-17-21(18,24-17)12-13-6-2-1-3-7-13/h1-11,17H,12H2. The van der Waals surface area contributed by atoms with Crippen LogP contribution in [0.3, 0.4) is 0 Å². The zero-order valence-electron chi connectivity index (χ0n) is 12.9. The van der Waals surface area contributed by atoms with Gasteiger partial charge in [-0.25, -0.2) is 0 Å². The zero-order chi connectivity index (χ0) is 16.3. The number of ether oxygens (including phenoxy) is 1. The second kappa shape index (κ2) is 4.62. The molecule has 0 bridgehead atoms. The van der Waals surface area contributed by atoms with Crippen LogP contribution in [0.2, 0.25) is 0 Å². The summed E-state index contributed by atoms with van der Waals surface area (Å²) < 4.78 is 5.95. The van der Waals surface area contributed by atoms with Gasteiger partial charge in [0.2, 0.25) is 0 Å². The first kappa shape index (κ1) is 13.6. The maximum Gasteiger partial charge on any atom is 0.194 e. The van der Waals surface area contributed by atoms with Crippen molar-refractivity contribution in [2.24, 2.45) is 0 Å². The highest BCUT2D eigenvalue weighted by molar-refractivity contribution is 6.29. The molecule has 0 saturated carbocycles. The Morgan fingerprint density at radius 1 is 0.875 bits per heavy atom. The van der Waals surface area contributed by atoms with Gasteiger partial charge in [0.25, 0.3) is 0 Å². The molecule has 3 aliphatic rings. The third kappa shape index (κ3) is 1.70. The van der Waals surface area contributed by atoms with Crippen molar-refractivity contribution in [2.45, 2.75) is 18.1 Å². The first-order chi connectivity index (χ1) is 11.7. The molecule has 2 atom stereocenters. The molecule has 1 aliphatic heterocycles. The van der Waals surface area contributed by atoms with Crippen molar-refractivity contribution in [1.29, 1.82) is 0 Å². The van der Waals surface area contributed by atoms with Crippen molar-refractivity contribution in [3.63, 3.8) is 0 Å². The highest BCUT2D eigenvalue weighted by Crippen LogP contribution is 2.52. The lowest BCUT2D eigenvalue weighted by atomic mass is 9.73. The van der Waals surface area contributed by atoms with Crippen molar-refractivity contribution in [3.8, 4) is 0 Å². The van der Waals surface area contributed by atoms with Gasteiger partial charge in [-0.2, -0.15) is 0 Å². The summed E-state index contributed by atoms with van der Waals surface area (Å²) in [6.45, 7) is 0. The molecule has 5 rings (SSSR count). The minimum absolute atomic E-state index is 0.0806. The van der Waals surface area contributed by atoms with Crippen molar-refractivity contribution in [1.82, 2.24) is 0 Å². The summed E-state index contributed by atoms with van der Waals surface area (Å²) in [6, 6.07) is 17.0. The number of ketones is 2. The van der Waals surface area contributed by atoms with E-state index in [0.29, 0.717) is 28.7 Å². The molecule has 1 saturated heterocycles. The normalized spacial score (nSPS) is 26.8. The van der Waals surface area contributed by atoms with Crippen LogP contribution in [-0.2, 0) is 11.2 Å². The van der Waals surface area contributed by atoms with E-state index in [0.717, 1.165) is 5.56 Å². The van der Waals surface area contributed by atoms with Gasteiger partial charge in [0.05, 0.1) is 0 Å². The molecule has 2 aromatic carbocycles. The zero-order valence-corrected chi connectivity index (χ0v) is 12.9. The summed E-state index contributed by atoms with van der Waals surface area (Å²) in [5, 5.41) is 0. The Hall–Kier alpha value is -2.78.